The SMILES string of the molecule is COc1ncc2c(N3CC(C)NC(C)C3)ccc(C(=O)Nc3ccn(CC(F)F)n3)c2n1. The fraction of sp³-hybridized carbons (Fsp3) is 0.429. The number of carbonyl (C=O) groups is 1. The number of amides is 1. The first kappa shape index (κ1) is 21.9. The van der Waals surface area contributed by atoms with E-state index in [4.69, 9.17) is 4.74 Å². The normalized spacial score (nSPS) is 18.9. The van der Waals surface area contributed by atoms with Crippen LogP contribution in [-0.2, 0) is 6.54 Å². The van der Waals surface area contributed by atoms with E-state index in [0.717, 1.165) is 28.8 Å². The lowest BCUT2D eigenvalue weighted by atomic mass is 10.0. The summed E-state index contributed by atoms with van der Waals surface area (Å²) in [5, 5.41) is 10.9. The predicted molar refractivity (Wildman–Crippen MR) is 117 cm³/mol. The number of hydrogen-bond acceptors (Lipinski definition) is 7. The second-order valence-corrected chi connectivity index (χ2v) is 7.89. The van der Waals surface area contributed by atoms with Gasteiger partial charge in [0, 0.05) is 54.7 Å². The van der Waals surface area contributed by atoms with Gasteiger partial charge in [-0.05, 0) is 26.0 Å². The molecular formula is C21H25F2N7O2. The molecule has 1 aliphatic rings. The molecule has 1 fully saturated rings. The summed E-state index contributed by atoms with van der Waals surface area (Å²) in [4.78, 5) is 23.9. The molecule has 0 spiro atoms. The third-order valence-corrected chi connectivity index (χ3v) is 5.24. The number of carbonyl (C=O) groups excluding carboxylic acids is 1. The molecule has 2 unspecified atom stereocenters. The molecule has 1 aliphatic heterocycles. The van der Waals surface area contributed by atoms with Crippen molar-refractivity contribution in [3.8, 4) is 6.01 Å². The van der Waals surface area contributed by atoms with Crippen LogP contribution in [0.3, 0.4) is 0 Å². The molecule has 0 radical (unpaired) electrons. The van der Waals surface area contributed by atoms with Gasteiger partial charge in [-0.3, -0.25) is 9.48 Å². The Kier molecular flexibility index (Phi) is 6.17. The number of methoxy groups -OCH3 is 1. The van der Waals surface area contributed by atoms with Gasteiger partial charge in [0.2, 0.25) is 0 Å². The van der Waals surface area contributed by atoms with Gasteiger partial charge in [-0.25, -0.2) is 13.8 Å². The van der Waals surface area contributed by atoms with Crippen LogP contribution in [0, 0.1) is 0 Å². The Bertz CT molecular complexity index is 1110. The molecular weight excluding hydrogens is 420 g/mol. The molecule has 0 aliphatic carbocycles. The number of anilines is 2. The molecule has 1 saturated heterocycles. The van der Waals surface area contributed by atoms with Gasteiger partial charge >= 0.3 is 6.01 Å². The van der Waals surface area contributed by atoms with Gasteiger partial charge in [0.1, 0.15) is 6.54 Å². The zero-order chi connectivity index (χ0) is 22.8. The number of nitrogens with zero attached hydrogens (tertiary/aromatic N) is 5. The molecule has 170 valence electrons. The fourth-order valence-electron chi connectivity index (χ4n) is 4.03. The highest BCUT2D eigenvalue weighted by atomic mass is 19.3. The lowest BCUT2D eigenvalue weighted by Crippen LogP contribution is -2.54. The summed E-state index contributed by atoms with van der Waals surface area (Å²) in [7, 11) is 1.46. The fourth-order valence-corrected chi connectivity index (χ4v) is 4.03. The van der Waals surface area contributed by atoms with Crippen molar-refractivity contribution in [3.63, 3.8) is 0 Å². The molecule has 2 atom stereocenters. The highest BCUT2D eigenvalue weighted by Gasteiger charge is 2.25. The summed E-state index contributed by atoms with van der Waals surface area (Å²) in [6.07, 6.45) is 0.512. The second-order valence-electron chi connectivity index (χ2n) is 7.89. The maximum absolute atomic E-state index is 13.0. The van der Waals surface area contributed by atoms with E-state index >= 15 is 0 Å². The van der Waals surface area contributed by atoms with E-state index in [-0.39, 0.29) is 11.8 Å². The van der Waals surface area contributed by atoms with E-state index in [2.05, 4.69) is 44.4 Å². The van der Waals surface area contributed by atoms with Crippen molar-refractivity contribution in [1.29, 1.82) is 0 Å². The molecule has 32 heavy (non-hydrogen) atoms. The van der Waals surface area contributed by atoms with Gasteiger partial charge in [0.15, 0.2) is 5.82 Å². The number of nitrogens with one attached hydrogen (secondary N) is 2. The van der Waals surface area contributed by atoms with Gasteiger partial charge in [-0.2, -0.15) is 10.1 Å². The Morgan fingerprint density at radius 1 is 1.28 bits per heavy atom. The minimum atomic E-state index is -2.53. The van der Waals surface area contributed by atoms with Crippen molar-refractivity contribution in [2.24, 2.45) is 0 Å². The Morgan fingerprint density at radius 3 is 2.72 bits per heavy atom. The van der Waals surface area contributed by atoms with Crippen LogP contribution in [0.5, 0.6) is 6.01 Å². The van der Waals surface area contributed by atoms with Crippen LogP contribution in [0.2, 0.25) is 0 Å². The van der Waals surface area contributed by atoms with Crippen molar-refractivity contribution < 1.29 is 18.3 Å². The summed E-state index contributed by atoms with van der Waals surface area (Å²) < 4.78 is 31.4. The Labute approximate surface area is 183 Å². The molecule has 11 heteroatoms. The number of fused-ring (bicyclic) bond motifs is 1. The van der Waals surface area contributed by atoms with Crippen molar-refractivity contribution >= 4 is 28.3 Å². The summed E-state index contributed by atoms with van der Waals surface area (Å²) in [5.74, 6) is -0.273. The number of piperazine rings is 1. The lowest BCUT2D eigenvalue weighted by molar-refractivity contribution is 0.102. The van der Waals surface area contributed by atoms with E-state index in [1.807, 2.05) is 6.07 Å². The molecule has 3 aromatic rings. The van der Waals surface area contributed by atoms with Crippen molar-refractivity contribution in [2.75, 3.05) is 30.4 Å². The molecule has 3 heterocycles. The number of ether oxygens (including phenoxy) is 1. The van der Waals surface area contributed by atoms with Crippen LogP contribution < -0.4 is 20.3 Å². The van der Waals surface area contributed by atoms with Gasteiger partial charge in [-0.15, -0.1) is 0 Å². The molecule has 4 rings (SSSR count). The standard InChI is InChI=1S/C21H25F2N7O2/c1-12-9-29(10-13(2)25-12)16-5-4-14(19-15(16)8-24-21(27-19)32-3)20(31)26-18-6-7-30(28-18)11-17(22)23/h4-8,12-13,17,25H,9-11H2,1-3H3,(H,26,28,31). The van der Waals surface area contributed by atoms with E-state index in [1.165, 1.54) is 19.4 Å². The van der Waals surface area contributed by atoms with Crippen LogP contribution in [0.15, 0.2) is 30.6 Å². The van der Waals surface area contributed by atoms with E-state index in [1.54, 1.807) is 12.3 Å². The van der Waals surface area contributed by atoms with Crippen LogP contribution in [-0.4, -0.2) is 64.4 Å². The van der Waals surface area contributed by atoms with Crippen LogP contribution in [0.4, 0.5) is 20.3 Å². The zero-order valence-electron chi connectivity index (χ0n) is 18.0. The molecule has 1 aromatic carbocycles. The topological polar surface area (TPSA) is 97.2 Å². The average Bonchev–Trinajstić information content (AvgIpc) is 3.17. The highest BCUT2D eigenvalue weighted by molar-refractivity contribution is 6.13. The Hall–Kier alpha value is -3.34. The van der Waals surface area contributed by atoms with Gasteiger partial charge in [0.25, 0.3) is 12.3 Å². The minimum Gasteiger partial charge on any atom is -0.467 e. The van der Waals surface area contributed by atoms with Crippen molar-refractivity contribution in [1.82, 2.24) is 25.1 Å². The number of aromatic nitrogens is 4. The average molecular weight is 445 g/mol. The highest BCUT2D eigenvalue weighted by Crippen LogP contribution is 2.30. The van der Waals surface area contributed by atoms with Gasteiger partial charge < -0.3 is 20.3 Å². The number of hydrogen-bond donors (Lipinski definition) is 2. The molecule has 2 N–H and O–H groups in total. The van der Waals surface area contributed by atoms with Crippen molar-refractivity contribution in [2.45, 2.75) is 38.9 Å². The summed E-state index contributed by atoms with van der Waals surface area (Å²) in [6, 6.07) is 5.81. The first-order valence-electron chi connectivity index (χ1n) is 10.3. The molecule has 0 saturated carbocycles. The predicted octanol–water partition coefficient (Wildman–Crippen LogP) is 2.54. The molecule has 2 aromatic heterocycles. The maximum Gasteiger partial charge on any atom is 0.316 e. The summed E-state index contributed by atoms with van der Waals surface area (Å²) in [6.45, 7) is 5.31. The largest absolute Gasteiger partial charge is 0.467 e. The molecule has 1 amide bonds. The van der Waals surface area contributed by atoms with E-state index in [9.17, 15) is 13.6 Å². The number of alkyl halides is 2. The van der Waals surface area contributed by atoms with E-state index in [0.29, 0.717) is 23.2 Å². The monoisotopic (exact) mass is 445 g/mol. The number of rotatable bonds is 6. The third-order valence-electron chi connectivity index (χ3n) is 5.24. The summed E-state index contributed by atoms with van der Waals surface area (Å²) in [5.41, 5.74) is 1.68. The molecule has 9 nitrogen and oxygen atoms in total. The smallest absolute Gasteiger partial charge is 0.316 e. The lowest BCUT2D eigenvalue weighted by Gasteiger charge is -2.38. The number of halogens is 2. The minimum absolute atomic E-state index is 0.145. The quantitative estimate of drug-likeness (QED) is 0.602. The molecule has 0 bridgehead atoms. The zero-order valence-corrected chi connectivity index (χ0v) is 18.0. The van der Waals surface area contributed by atoms with Crippen LogP contribution >= 0.6 is 0 Å². The van der Waals surface area contributed by atoms with Crippen LogP contribution in [0.25, 0.3) is 10.9 Å². The first-order valence-corrected chi connectivity index (χ1v) is 10.3. The van der Waals surface area contributed by atoms with Crippen LogP contribution in [0.1, 0.15) is 24.2 Å². The Morgan fingerprint density at radius 2 is 2.03 bits per heavy atom. The third kappa shape index (κ3) is 4.62. The first-order chi connectivity index (χ1) is 15.3. The van der Waals surface area contributed by atoms with Gasteiger partial charge in [0.05, 0.1) is 18.2 Å². The Balaban J connectivity index is 1.68. The number of benzene rings is 1. The van der Waals surface area contributed by atoms with E-state index < -0.39 is 18.9 Å². The van der Waals surface area contributed by atoms with Crippen molar-refractivity contribution in [3.05, 3.63) is 36.2 Å². The second kappa shape index (κ2) is 9.03. The van der Waals surface area contributed by atoms with Gasteiger partial charge in [-0.1, -0.05) is 0 Å². The maximum atomic E-state index is 13.0. The summed E-state index contributed by atoms with van der Waals surface area (Å²) >= 11 is 0.